The van der Waals surface area contributed by atoms with Gasteiger partial charge in [-0.15, -0.1) is 0 Å². The van der Waals surface area contributed by atoms with E-state index in [9.17, 15) is 17.6 Å². The number of benzene rings is 2. The number of halogens is 1. The number of nitrogens with one attached hydrogen (secondary N) is 1. The summed E-state index contributed by atoms with van der Waals surface area (Å²) in [6.07, 6.45) is 1.83. The van der Waals surface area contributed by atoms with Gasteiger partial charge in [0, 0.05) is 37.0 Å². The van der Waals surface area contributed by atoms with Crippen molar-refractivity contribution in [1.82, 2.24) is 9.71 Å². The van der Waals surface area contributed by atoms with Gasteiger partial charge in [-0.1, -0.05) is 13.0 Å². The molecule has 9 heteroatoms. The van der Waals surface area contributed by atoms with E-state index in [0.29, 0.717) is 36.4 Å². The average Bonchev–Trinajstić information content (AvgIpc) is 3.42. The quantitative estimate of drug-likeness (QED) is 0.623. The summed E-state index contributed by atoms with van der Waals surface area (Å²) in [4.78, 5) is 18.7. The van der Waals surface area contributed by atoms with Crippen LogP contribution in [-0.2, 0) is 27.7 Å². The van der Waals surface area contributed by atoms with Crippen LogP contribution in [0.1, 0.15) is 18.1 Å². The van der Waals surface area contributed by atoms with E-state index >= 15 is 0 Å². The van der Waals surface area contributed by atoms with Crippen molar-refractivity contribution in [2.45, 2.75) is 30.8 Å². The molecular weight excluding hydrogens is 445 g/mol. The number of hydrogen-bond acceptors (Lipinski definition) is 5. The Hall–Kier alpha value is -3.30. The van der Waals surface area contributed by atoms with Crippen LogP contribution in [0.4, 0.5) is 10.1 Å². The van der Waals surface area contributed by atoms with Crippen molar-refractivity contribution >= 4 is 21.6 Å². The van der Waals surface area contributed by atoms with E-state index in [1.165, 1.54) is 17.0 Å². The normalized spacial score (nSPS) is 16.9. The second-order valence-electron chi connectivity index (χ2n) is 8.00. The van der Waals surface area contributed by atoms with Gasteiger partial charge in [0.15, 0.2) is 6.10 Å². The monoisotopic (exact) mass is 467 g/mol. The number of anilines is 1. The minimum atomic E-state index is -4.01. The maximum atomic E-state index is 14.5. The maximum absolute atomic E-state index is 14.5. The molecule has 170 valence electrons. The summed E-state index contributed by atoms with van der Waals surface area (Å²) < 4.78 is 47.5. The van der Waals surface area contributed by atoms with Crippen LogP contribution in [0, 0.1) is 5.82 Å². The van der Waals surface area contributed by atoms with E-state index in [0.717, 1.165) is 16.8 Å². The van der Waals surface area contributed by atoms with Crippen molar-refractivity contribution in [3.8, 4) is 17.0 Å². The van der Waals surface area contributed by atoms with Crippen molar-refractivity contribution in [3.63, 3.8) is 0 Å². The predicted octanol–water partition coefficient (Wildman–Crippen LogP) is 3.08. The zero-order valence-corrected chi connectivity index (χ0v) is 18.7. The molecule has 1 atom stereocenters. The third-order valence-corrected chi connectivity index (χ3v) is 7.45. The molecule has 1 amide bonds. The van der Waals surface area contributed by atoms with Gasteiger partial charge in [0.25, 0.3) is 5.91 Å². The number of nitrogens with zero attached hydrogens (tertiary/aromatic N) is 2. The second kappa shape index (κ2) is 8.24. The summed E-state index contributed by atoms with van der Waals surface area (Å²) in [6.45, 7) is 2.09. The SMILES string of the molecule is CCNS(=O)(=O)c1cc2c(cc1F)CCN2C(=O)C1Cc2cc(-c3ccccn3)ccc2O1. The molecule has 7 nitrogen and oxygen atoms in total. The van der Waals surface area contributed by atoms with Crippen LogP contribution in [0.5, 0.6) is 5.75 Å². The molecular formula is C24H22FN3O4S. The molecule has 0 radical (unpaired) electrons. The molecule has 0 saturated heterocycles. The van der Waals surface area contributed by atoms with Crippen LogP contribution >= 0.6 is 0 Å². The second-order valence-corrected chi connectivity index (χ2v) is 9.74. The maximum Gasteiger partial charge on any atom is 0.268 e. The van der Waals surface area contributed by atoms with Gasteiger partial charge in [-0.2, -0.15) is 0 Å². The van der Waals surface area contributed by atoms with E-state index in [1.807, 2.05) is 36.4 Å². The molecule has 1 aromatic heterocycles. The number of hydrogen-bond donors (Lipinski definition) is 1. The number of pyridine rings is 1. The first-order valence-electron chi connectivity index (χ1n) is 10.7. The average molecular weight is 468 g/mol. The fraction of sp³-hybridized carbons (Fsp3) is 0.250. The lowest BCUT2D eigenvalue weighted by molar-refractivity contribution is -0.124. The van der Waals surface area contributed by atoms with Crippen LogP contribution in [0.25, 0.3) is 11.3 Å². The number of fused-ring (bicyclic) bond motifs is 2. The minimum Gasteiger partial charge on any atom is -0.480 e. The van der Waals surface area contributed by atoms with Gasteiger partial charge >= 0.3 is 0 Å². The Kier molecular flexibility index (Phi) is 5.38. The Bertz CT molecular complexity index is 1350. The molecule has 2 aliphatic rings. The summed E-state index contributed by atoms with van der Waals surface area (Å²) in [5.74, 6) is -0.458. The molecule has 2 aliphatic heterocycles. The first-order chi connectivity index (χ1) is 15.9. The molecule has 3 heterocycles. The number of carbonyl (C=O) groups is 1. The molecule has 33 heavy (non-hydrogen) atoms. The van der Waals surface area contributed by atoms with Crippen molar-refractivity contribution in [1.29, 1.82) is 0 Å². The fourth-order valence-corrected chi connectivity index (χ4v) is 5.46. The van der Waals surface area contributed by atoms with Gasteiger partial charge in [-0.3, -0.25) is 9.78 Å². The Morgan fingerprint density at radius 2 is 2.06 bits per heavy atom. The smallest absolute Gasteiger partial charge is 0.268 e. The molecule has 0 bridgehead atoms. The fourth-order valence-electron chi connectivity index (χ4n) is 4.34. The zero-order chi connectivity index (χ0) is 23.2. The summed E-state index contributed by atoms with van der Waals surface area (Å²) >= 11 is 0. The highest BCUT2D eigenvalue weighted by Crippen LogP contribution is 2.36. The Balaban J connectivity index is 1.40. The number of ether oxygens (including phenoxy) is 1. The highest BCUT2D eigenvalue weighted by Gasteiger charge is 2.37. The molecule has 3 aromatic rings. The zero-order valence-electron chi connectivity index (χ0n) is 17.9. The van der Waals surface area contributed by atoms with Crippen LogP contribution < -0.4 is 14.4 Å². The van der Waals surface area contributed by atoms with E-state index in [4.69, 9.17) is 4.74 Å². The van der Waals surface area contributed by atoms with Gasteiger partial charge < -0.3 is 9.64 Å². The van der Waals surface area contributed by atoms with Crippen molar-refractivity contribution in [2.75, 3.05) is 18.0 Å². The van der Waals surface area contributed by atoms with Crippen LogP contribution in [-0.4, -0.2) is 38.5 Å². The van der Waals surface area contributed by atoms with Gasteiger partial charge in [0.1, 0.15) is 16.5 Å². The summed E-state index contributed by atoms with van der Waals surface area (Å²) in [6, 6.07) is 13.8. The Morgan fingerprint density at radius 3 is 2.82 bits per heavy atom. The largest absolute Gasteiger partial charge is 0.480 e. The van der Waals surface area contributed by atoms with Crippen molar-refractivity contribution < 1.29 is 22.3 Å². The Labute approximate surface area is 191 Å². The number of carbonyl (C=O) groups excluding carboxylic acids is 1. The van der Waals surface area contributed by atoms with Gasteiger partial charge in [0.05, 0.1) is 5.69 Å². The topological polar surface area (TPSA) is 88.6 Å². The molecule has 0 spiro atoms. The van der Waals surface area contributed by atoms with E-state index < -0.39 is 26.8 Å². The lowest BCUT2D eigenvalue weighted by atomic mass is 10.0. The van der Waals surface area contributed by atoms with E-state index in [2.05, 4.69) is 9.71 Å². The summed E-state index contributed by atoms with van der Waals surface area (Å²) in [7, 11) is -4.01. The lowest BCUT2D eigenvalue weighted by Gasteiger charge is -2.21. The highest BCUT2D eigenvalue weighted by molar-refractivity contribution is 7.89. The van der Waals surface area contributed by atoms with Gasteiger partial charge in [-0.25, -0.2) is 17.5 Å². The number of amides is 1. The van der Waals surface area contributed by atoms with E-state index in [-0.39, 0.29) is 12.5 Å². The molecule has 1 unspecified atom stereocenters. The number of sulfonamides is 1. The van der Waals surface area contributed by atoms with Crippen LogP contribution in [0.3, 0.4) is 0 Å². The van der Waals surface area contributed by atoms with E-state index in [1.54, 1.807) is 13.1 Å². The molecule has 0 fully saturated rings. The highest BCUT2D eigenvalue weighted by atomic mass is 32.2. The summed E-state index contributed by atoms with van der Waals surface area (Å²) in [5, 5.41) is 0. The number of rotatable bonds is 5. The predicted molar refractivity (Wildman–Crippen MR) is 121 cm³/mol. The molecule has 0 saturated carbocycles. The van der Waals surface area contributed by atoms with Crippen LogP contribution in [0.15, 0.2) is 59.6 Å². The molecule has 0 aliphatic carbocycles. The molecule has 5 rings (SSSR count). The molecule has 2 aromatic carbocycles. The third kappa shape index (κ3) is 3.87. The van der Waals surface area contributed by atoms with Crippen molar-refractivity contribution in [2.24, 2.45) is 0 Å². The van der Waals surface area contributed by atoms with Gasteiger partial charge in [-0.05, 0) is 60.0 Å². The Morgan fingerprint density at radius 1 is 1.21 bits per heavy atom. The summed E-state index contributed by atoms with van der Waals surface area (Å²) in [5.41, 5.74) is 3.69. The lowest BCUT2D eigenvalue weighted by Crippen LogP contribution is -2.40. The first-order valence-corrected chi connectivity index (χ1v) is 12.2. The molecule has 1 N–H and O–H groups in total. The minimum absolute atomic E-state index is 0.135. The van der Waals surface area contributed by atoms with Gasteiger partial charge in [0.2, 0.25) is 10.0 Å². The third-order valence-electron chi connectivity index (χ3n) is 5.89. The van der Waals surface area contributed by atoms with Crippen molar-refractivity contribution in [3.05, 3.63) is 71.7 Å². The first kappa shape index (κ1) is 21.5. The van der Waals surface area contributed by atoms with Crippen LogP contribution in [0.2, 0.25) is 0 Å². The number of aromatic nitrogens is 1. The standard InChI is InChI=1S/C24H22FN3O4S/c1-2-27-33(30,31)23-14-20-16(12-18(23)25)8-10-28(20)24(29)22-13-17-11-15(6-7-21(17)32-22)19-5-3-4-9-26-19/h3-7,9,11-12,14,22,27H,2,8,10,13H2,1H3.